The molecule has 0 radical (unpaired) electrons. The standard InChI is InChI=1S/C26H26Cl2N4O4S/c1-16(18-3-2-4-21(24(18)28)35-12-9-31-7-10-34-11-8-31)36-22-14-23(37-25(22)26(29)33)32-15-30-19-13-17(27)5-6-20(19)32/h2-6,13-16H,7-12H2,1H3,(H2,29,33)/t16-/m1/s1. The Bertz CT molecular complexity index is 1420. The summed E-state index contributed by atoms with van der Waals surface area (Å²) in [5.74, 6) is 0.398. The lowest BCUT2D eigenvalue weighted by Gasteiger charge is -2.26. The number of hydrogen-bond acceptors (Lipinski definition) is 7. The molecule has 3 heterocycles. The predicted octanol–water partition coefficient (Wildman–Crippen LogP) is 5.34. The molecule has 0 unspecified atom stereocenters. The number of amides is 1. The van der Waals surface area contributed by atoms with Gasteiger partial charge >= 0.3 is 0 Å². The average Bonchev–Trinajstić information content (AvgIpc) is 3.49. The van der Waals surface area contributed by atoms with Gasteiger partial charge in [-0.1, -0.05) is 35.3 Å². The highest BCUT2D eigenvalue weighted by Crippen LogP contribution is 2.39. The van der Waals surface area contributed by atoms with Crippen molar-refractivity contribution in [1.29, 1.82) is 0 Å². The number of ether oxygens (including phenoxy) is 3. The molecule has 1 fully saturated rings. The van der Waals surface area contributed by atoms with E-state index in [1.165, 1.54) is 11.3 Å². The molecule has 4 aromatic rings. The van der Waals surface area contributed by atoms with E-state index in [2.05, 4.69) is 9.88 Å². The fourth-order valence-corrected chi connectivity index (χ4v) is 5.65. The Labute approximate surface area is 228 Å². The largest absolute Gasteiger partial charge is 0.491 e. The smallest absolute Gasteiger partial charge is 0.262 e. The van der Waals surface area contributed by atoms with Crippen molar-refractivity contribution >= 4 is 51.5 Å². The van der Waals surface area contributed by atoms with E-state index in [0.717, 1.165) is 54.4 Å². The number of primary amides is 1. The molecular weight excluding hydrogens is 535 g/mol. The molecule has 2 aromatic heterocycles. The number of morpholine rings is 1. The number of halogens is 2. The highest BCUT2D eigenvalue weighted by atomic mass is 35.5. The lowest BCUT2D eigenvalue weighted by atomic mass is 10.1. The number of nitrogens with zero attached hydrogens (tertiary/aromatic N) is 3. The average molecular weight is 561 g/mol. The Morgan fingerprint density at radius 3 is 2.78 bits per heavy atom. The number of fused-ring (bicyclic) bond motifs is 1. The zero-order chi connectivity index (χ0) is 25.9. The minimum absolute atomic E-state index is 0.312. The van der Waals surface area contributed by atoms with Gasteiger partial charge < -0.3 is 19.9 Å². The van der Waals surface area contributed by atoms with Gasteiger partial charge in [-0.3, -0.25) is 14.3 Å². The lowest BCUT2D eigenvalue weighted by Crippen LogP contribution is -2.38. The van der Waals surface area contributed by atoms with Crippen LogP contribution in [-0.2, 0) is 4.74 Å². The molecule has 2 N–H and O–H groups in total. The van der Waals surface area contributed by atoms with Crippen molar-refractivity contribution in [3.63, 3.8) is 0 Å². The van der Waals surface area contributed by atoms with Gasteiger partial charge in [0, 0.05) is 36.3 Å². The molecule has 1 amide bonds. The van der Waals surface area contributed by atoms with E-state index in [4.69, 9.17) is 43.1 Å². The highest BCUT2D eigenvalue weighted by Gasteiger charge is 2.22. The summed E-state index contributed by atoms with van der Waals surface area (Å²) >= 11 is 14.0. The number of aromatic nitrogens is 2. The molecule has 1 aliphatic heterocycles. The zero-order valence-electron chi connectivity index (χ0n) is 20.2. The van der Waals surface area contributed by atoms with Gasteiger partial charge in [-0.2, -0.15) is 0 Å². The van der Waals surface area contributed by atoms with Gasteiger partial charge in [-0.25, -0.2) is 4.98 Å². The van der Waals surface area contributed by atoms with Crippen LogP contribution in [0, 0.1) is 0 Å². The molecule has 37 heavy (non-hydrogen) atoms. The first kappa shape index (κ1) is 25.8. The summed E-state index contributed by atoms with van der Waals surface area (Å²) in [6.45, 7) is 6.47. The fourth-order valence-electron chi connectivity index (χ4n) is 4.22. The summed E-state index contributed by atoms with van der Waals surface area (Å²) < 4.78 is 19.5. The van der Waals surface area contributed by atoms with Gasteiger partial charge in [0.1, 0.15) is 40.4 Å². The van der Waals surface area contributed by atoms with Crippen LogP contribution in [0.2, 0.25) is 10.0 Å². The van der Waals surface area contributed by atoms with Crippen molar-refractivity contribution < 1.29 is 19.0 Å². The van der Waals surface area contributed by atoms with Gasteiger partial charge in [-0.05, 0) is 31.2 Å². The second-order valence-corrected chi connectivity index (χ2v) is 10.5. The Balaban J connectivity index is 1.34. The van der Waals surface area contributed by atoms with Gasteiger partial charge in [-0.15, -0.1) is 11.3 Å². The molecule has 11 heteroatoms. The van der Waals surface area contributed by atoms with Crippen LogP contribution in [0.25, 0.3) is 16.0 Å². The molecule has 2 aromatic carbocycles. The molecule has 0 aliphatic carbocycles. The summed E-state index contributed by atoms with van der Waals surface area (Å²) in [6.07, 6.45) is 1.22. The van der Waals surface area contributed by atoms with Crippen LogP contribution in [0.4, 0.5) is 0 Å². The van der Waals surface area contributed by atoms with E-state index < -0.39 is 12.0 Å². The maximum absolute atomic E-state index is 12.3. The summed E-state index contributed by atoms with van der Waals surface area (Å²) in [6, 6.07) is 12.8. The normalized spacial score (nSPS) is 15.1. The predicted molar refractivity (Wildman–Crippen MR) is 146 cm³/mol. The number of hydrogen-bond donors (Lipinski definition) is 1. The van der Waals surface area contributed by atoms with E-state index in [9.17, 15) is 4.79 Å². The zero-order valence-corrected chi connectivity index (χ0v) is 22.5. The van der Waals surface area contributed by atoms with Crippen molar-refractivity contribution in [2.24, 2.45) is 5.73 Å². The number of carbonyl (C=O) groups is 1. The van der Waals surface area contributed by atoms with Crippen molar-refractivity contribution in [3.05, 3.63) is 69.3 Å². The second kappa shape index (κ2) is 11.3. The third kappa shape index (κ3) is 5.71. The van der Waals surface area contributed by atoms with Gasteiger partial charge in [0.25, 0.3) is 5.91 Å². The topological polar surface area (TPSA) is 91.8 Å². The Hall–Kier alpha value is -2.82. The molecule has 0 bridgehead atoms. The number of nitrogens with two attached hydrogens (primary N) is 1. The first-order valence-corrected chi connectivity index (χ1v) is 13.4. The molecule has 1 aliphatic rings. The maximum Gasteiger partial charge on any atom is 0.262 e. The van der Waals surface area contributed by atoms with Crippen LogP contribution in [0.3, 0.4) is 0 Å². The third-order valence-electron chi connectivity index (χ3n) is 6.16. The summed E-state index contributed by atoms with van der Waals surface area (Å²) in [7, 11) is 0. The van der Waals surface area contributed by atoms with Crippen molar-refractivity contribution in [3.8, 4) is 16.5 Å². The van der Waals surface area contributed by atoms with Crippen LogP contribution in [0.1, 0.15) is 28.3 Å². The fraction of sp³-hybridized carbons (Fsp3) is 0.308. The van der Waals surface area contributed by atoms with Gasteiger partial charge in [0.05, 0.1) is 29.3 Å². The Morgan fingerprint density at radius 1 is 1.19 bits per heavy atom. The Morgan fingerprint density at radius 2 is 2.00 bits per heavy atom. The molecular formula is C26H26Cl2N4O4S. The minimum atomic E-state index is -0.572. The highest BCUT2D eigenvalue weighted by molar-refractivity contribution is 7.16. The van der Waals surface area contributed by atoms with Crippen molar-refractivity contribution in [2.75, 3.05) is 39.5 Å². The van der Waals surface area contributed by atoms with Crippen LogP contribution in [0.15, 0.2) is 48.8 Å². The first-order chi connectivity index (χ1) is 17.9. The lowest BCUT2D eigenvalue weighted by molar-refractivity contribution is 0.0322. The van der Waals surface area contributed by atoms with Crippen LogP contribution in [0.5, 0.6) is 11.5 Å². The third-order valence-corrected chi connectivity index (χ3v) is 7.93. The number of carbonyl (C=O) groups excluding carboxylic acids is 1. The van der Waals surface area contributed by atoms with Crippen LogP contribution >= 0.6 is 34.5 Å². The van der Waals surface area contributed by atoms with E-state index >= 15 is 0 Å². The van der Waals surface area contributed by atoms with E-state index in [1.807, 2.05) is 35.8 Å². The van der Waals surface area contributed by atoms with Gasteiger partial charge in [0.2, 0.25) is 0 Å². The quantitative estimate of drug-likeness (QED) is 0.297. The van der Waals surface area contributed by atoms with E-state index in [0.29, 0.717) is 33.0 Å². The van der Waals surface area contributed by atoms with Crippen molar-refractivity contribution in [2.45, 2.75) is 13.0 Å². The first-order valence-electron chi connectivity index (χ1n) is 11.9. The monoisotopic (exact) mass is 560 g/mol. The molecule has 8 nitrogen and oxygen atoms in total. The van der Waals surface area contributed by atoms with Gasteiger partial charge in [0.15, 0.2) is 0 Å². The minimum Gasteiger partial charge on any atom is -0.491 e. The van der Waals surface area contributed by atoms with E-state index in [1.54, 1.807) is 24.5 Å². The number of thiophene rings is 1. The SMILES string of the molecule is C[C@@H](Oc1cc(-n2cnc3cc(Cl)ccc32)sc1C(N)=O)c1cccc(OCCN2CCOCC2)c1Cl. The molecule has 5 rings (SSSR count). The van der Waals surface area contributed by atoms with E-state index in [-0.39, 0.29) is 0 Å². The molecule has 1 atom stereocenters. The summed E-state index contributed by atoms with van der Waals surface area (Å²) in [5.41, 5.74) is 8.03. The number of imidazole rings is 1. The van der Waals surface area contributed by atoms with Crippen LogP contribution in [-0.4, -0.2) is 59.8 Å². The number of rotatable bonds is 9. The molecule has 0 saturated carbocycles. The Kier molecular flexibility index (Phi) is 7.87. The second-order valence-electron chi connectivity index (χ2n) is 8.61. The van der Waals surface area contributed by atoms with Crippen LogP contribution < -0.4 is 15.2 Å². The maximum atomic E-state index is 12.3. The molecule has 1 saturated heterocycles. The number of benzene rings is 2. The van der Waals surface area contributed by atoms with Crippen molar-refractivity contribution in [1.82, 2.24) is 14.5 Å². The molecule has 0 spiro atoms. The summed E-state index contributed by atoms with van der Waals surface area (Å²) in [5, 5.41) is 1.82. The molecule has 194 valence electrons. The summed E-state index contributed by atoms with van der Waals surface area (Å²) in [4.78, 5) is 19.3.